The molecule has 1 saturated heterocycles. The molecule has 0 aliphatic carbocycles. The smallest absolute Gasteiger partial charge is 0.231 e. The molecule has 2 aromatic rings. The Hall–Kier alpha value is -1.84. The van der Waals surface area contributed by atoms with E-state index in [9.17, 15) is 8.60 Å². The summed E-state index contributed by atoms with van der Waals surface area (Å²) in [5, 5.41) is 0.677. The van der Waals surface area contributed by atoms with Crippen LogP contribution in [0.4, 0.5) is 10.2 Å². The zero-order valence-electron chi connectivity index (χ0n) is 13.9. The number of methoxy groups -OCH3 is 1. The van der Waals surface area contributed by atoms with E-state index in [2.05, 4.69) is 19.6 Å². The number of anilines is 1. The van der Waals surface area contributed by atoms with Gasteiger partial charge in [-0.2, -0.15) is 0 Å². The van der Waals surface area contributed by atoms with Crippen molar-refractivity contribution in [1.29, 1.82) is 0 Å². The van der Waals surface area contributed by atoms with Gasteiger partial charge in [0.1, 0.15) is 12.1 Å². The second kappa shape index (κ2) is 8.03. The lowest BCUT2D eigenvalue weighted by molar-refractivity contribution is 0.380. The Morgan fingerprint density at radius 3 is 2.84 bits per heavy atom. The number of piperidine rings is 1. The number of nitrogens with one attached hydrogen (secondary N) is 1. The molecule has 7 nitrogen and oxygen atoms in total. The molecule has 1 aliphatic heterocycles. The molecule has 0 spiro atoms. The van der Waals surface area contributed by atoms with Crippen LogP contribution in [0.2, 0.25) is 0 Å². The third kappa shape index (κ3) is 4.23. The predicted octanol–water partition coefficient (Wildman–Crippen LogP) is 2.11. The van der Waals surface area contributed by atoms with E-state index in [1.54, 1.807) is 6.07 Å². The van der Waals surface area contributed by atoms with E-state index in [-0.39, 0.29) is 5.75 Å². The van der Waals surface area contributed by atoms with Crippen molar-refractivity contribution >= 4 is 28.0 Å². The molecule has 0 saturated carbocycles. The van der Waals surface area contributed by atoms with E-state index in [0.29, 0.717) is 23.4 Å². The van der Waals surface area contributed by atoms with Gasteiger partial charge in [-0.3, -0.25) is 4.55 Å². The average molecular weight is 368 g/mol. The summed E-state index contributed by atoms with van der Waals surface area (Å²) in [7, 11) is 1.43. The van der Waals surface area contributed by atoms with Gasteiger partial charge in [-0.15, -0.1) is 0 Å². The highest BCUT2D eigenvalue weighted by atomic mass is 32.2. The van der Waals surface area contributed by atoms with Gasteiger partial charge in [-0.25, -0.2) is 23.3 Å². The minimum Gasteiger partial charge on any atom is -0.494 e. The van der Waals surface area contributed by atoms with Gasteiger partial charge < -0.3 is 9.64 Å². The summed E-state index contributed by atoms with van der Waals surface area (Å²) in [4.78, 5) is 10.7. The highest BCUT2D eigenvalue weighted by molar-refractivity contribution is 7.77. The summed E-state index contributed by atoms with van der Waals surface area (Å²) in [6.45, 7) is 2.15. The lowest BCUT2D eigenvalue weighted by Crippen LogP contribution is -2.35. The van der Waals surface area contributed by atoms with Gasteiger partial charge in [-0.05, 0) is 31.2 Å². The first-order chi connectivity index (χ1) is 12.1. The molecule has 1 unspecified atom stereocenters. The van der Waals surface area contributed by atoms with Gasteiger partial charge in [0.15, 0.2) is 11.6 Å². The fraction of sp³-hybridized carbons (Fsp3) is 0.500. The molecule has 25 heavy (non-hydrogen) atoms. The van der Waals surface area contributed by atoms with E-state index < -0.39 is 17.1 Å². The highest BCUT2D eigenvalue weighted by Crippen LogP contribution is 2.31. The van der Waals surface area contributed by atoms with Gasteiger partial charge >= 0.3 is 0 Å². The maximum absolute atomic E-state index is 14.1. The minimum atomic E-state index is -1.95. The summed E-state index contributed by atoms with van der Waals surface area (Å²) in [5.41, 5.74) is 0.653. The van der Waals surface area contributed by atoms with E-state index in [1.807, 2.05) is 0 Å². The van der Waals surface area contributed by atoms with Gasteiger partial charge in [0.05, 0.1) is 12.6 Å². The van der Waals surface area contributed by atoms with Crippen LogP contribution in [-0.2, 0) is 11.3 Å². The third-order valence-corrected chi connectivity index (χ3v) is 5.03. The number of nitrogens with zero attached hydrogens (tertiary/aromatic N) is 3. The second-order valence-electron chi connectivity index (χ2n) is 6.06. The third-order valence-electron chi connectivity index (χ3n) is 4.58. The van der Waals surface area contributed by atoms with Crippen molar-refractivity contribution in [3.05, 3.63) is 24.3 Å². The predicted molar refractivity (Wildman–Crippen MR) is 94.4 cm³/mol. The summed E-state index contributed by atoms with van der Waals surface area (Å²) in [6, 6.07) is 3.01. The number of fused-ring (bicyclic) bond motifs is 1. The molecule has 0 amide bonds. The summed E-state index contributed by atoms with van der Waals surface area (Å²) >= 11 is -1.95. The van der Waals surface area contributed by atoms with Crippen molar-refractivity contribution in [2.75, 3.05) is 31.6 Å². The van der Waals surface area contributed by atoms with Crippen LogP contribution in [0, 0.1) is 11.7 Å². The van der Waals surface area contributed by atoms with E-state index in [1.165, 1.54) is 19.5 Å². The van der Waals surface area contributed by atoms with Crippen molar-refractivity contribution in [3.63, 3.8) is 0 Å². The SMILES string of the molecule is COc1cc2ncnc(N3CCC(CCNS(=O)O)CC3)c2cc1F. The Bertz CT molecular complexity index is 768. The molecule has 0 radical (unpaired) electrons. The Kier molecular flexibility index (Phi) is 5.77. The average Bonchev–Trinajstić information content (AvgIpc) is 2.61. The Morgan fingerprint density at radius 2 is 2.16 bits per heavy atom. The summed E-state index contributed by atoms with van der Waals surface area (Å²) in [6.07, 6.45) is 4.27. The molecule has 1 aromatic carbocycles. The molecule has 1 fully saturated rings. The molecule has 1 atom stereocenters. The molecule has 136 valence electrons. The number of benzene rings is 1. The minimum absolute atomic E-state index is 0.171. The molecule has 1 aliphatic rings. The molecule has 1 aromatic heterocycles. The zero-order chi connectivity index (χ0) is 17.8. The van der Waals surface area contributed by atoms with Gasteiger partial charge in [0.25, 0.3) is 0 Å². The van der Waals surface area contributed by atoms with Crippen molar-refractivity contribution in [2.45, 2.75) is 19.3 Å². The quantitative estimate of drug-likeness (QED) is 0.760. The number of rotatable bonds is 6. The first kappa shape index (κ1) is 18.0. The van der Waals surface area contributed by atoms with Crippen LogP contribution < -0.4 is 14.4 Å². The normalized spacial score (nSPS) is 17.0. The Morgan fingerprint density at radius 1 is 1.40 bits per heavy atom. The van der Waals surface area contributed by atoms with Gasteiger partial charge in [0.2, 0.25) is 11.3 Å². The van der Waals surface area contributed by atoms with Gasteiger partial charge in [-0.1, -0.05) is 0 Å². The Balaban J connectivity index is 1.71. The zero-order valence-corrected chi connectivity index (χ0v) is 14.8. The lowest BCUT2D eigenvalue weighted by Gasteiger charge is -2.33. The van der Waals surface area contributed by atoms with E-state index in [0.717, 1.165) is 38.2 Å². The summed E-state index contributed by atoms with van der Waals surface area (Å²) in [5.74, 6) is 0.977. The summed E-state index contributed by atoms with van der Waals surface area (Å²) < 4.78 is 41.0. The standard InChI is InChI=1S/C16H21FN4O3S/c1-24-15-9-14-12(8-13(15)17)16(19-10-18-14)21-6-3-11(4-7-21)2-5-20-25(22)23/h8-11,20H,2-7H2,1H3,(H,22,23). The molecule has 9 heteroatoms. The number of aromatic nitrogens is 2. The van der Waals surface area contributed by atoms with Crippen molar-refractivity contribution in [1.82, 2.24) is 14.7 Å². The monoisotopic (exact) mass is 368 g/mol. The number of hydrogen-bond donors (Lipinski definition) is 2. The van der Waals surface area contributed by atoms with E-state index >= 15 is 0 Å². The number of hydrogen-bond acceptors (Lipinski definition) is 5. The largest absolute Gasteiger partial charge is 0.494 e. The first-order valence-electron chi connectivity index (χ1n) is 8.16. The maximum atomic E-state index is 14.1. The van der Waals surface area contributed by atoms with Crippen molar-refractivity contribution in [3.8, 4) is 5.75 Å². The fourth-order valence-corrected chi connectivity index (χ4v) is 3.53. The molecule has 3 rings (SSSR count). The first-order valence-corrected chi connectivity index (χ1v) is 9.26. The molecule has 0 bridgehead atoms. The van der Waals surface area contributed by atoms with Crippen molar-refractivity contribution < 1.29 is 17.9 Å². The molecular formula is C16H21FN4O3S. The number of halogens is 1. The molecular weight excluding hydrogens is 347 g/mol. The lowest BCUT2D eigenvalue weighted by atomic mass is 9.93. The molecule has 2 N–H and O–H groups in total. The fourth-order valence-electron chi connectivity index (χ4n) is 3.24. The van der Waals surface area contributed by atoms with Crippen LogP contribution in [0.25, 0.3) is 10.9 Å². The van der Waals surface area contributed by atoms with Crippen LogP contribution in [0.5, 0.6) is 5.75 Å². The Labute approximate surface area is 148 Å². The molecule has 2 heterocycles. The van der Waals surface area contributed by atoms with Crippen LogP contribution in [0.3, 0.4) is 0 Å². The highest BCUT2D eigenvalue weighted by Gasteiger charge is 2.22. The van der Waals surface area contributed by atoms with Crippen LogP contribution >= 0.6 is 0 Å². The van der Waals surface area contributed by atoms with Crippen molar-refractivity contribution in [2.24, 2.45) is 5.92 Å². The second-order valence-corrected chi connectivity index (χ2v) is 6.85. The van der Waals surface area contributed by atoms with Gasteiger partial charge in [0, 0.05) is 31.1 Å². The maximum Gasteiger partial charge on any atom is 0.231 e. The van der Waals surface area contributed by atoms with Crippen LogP contribution in [0.1, 0.15) is 19.3 Å². The van der Waals surface area contributed by atoms with Crippen LogP contribution in [-0.4, -0.2) is 45.5 Å². The topological polar surface area (TPSA) is 87.6 Å². The van der Waals surface area contributed by atoms with Crippen LogP contribution in [0.15, 0.2) is 18.5 Å². The van der Waals surface area contributed by atoms with E-state index in [4.69, 9.17) is 9.29 Å². The number of ether oxygens (including phenoxy) is 1.